The Labute approximate surface area is 226 Å². The van der Waals surface area contributed by atoms with E-state index >= 15 is 0 Å². The summed E-state index contributed by atoms with van der Waals surface area (Å²) < 4.78 is 2.21. The second kappa shape index (κ2) is 13.1. The van der Waals surface area contributed by atoms with E-state index < -0.39 is 0 Å². The third-order valence-electron chi connectivity index (χ3n) is 7.17. The minimum atomic E-state index is 0. The van der Waals surface area contributed by atoms with Crippen molar-refractivity contribution in [3.05, 3.63) is 120 Å². The molecule has 1 N–H and O–H groups in total. The van der Waals surface area contributed by atoms with Crippen LogP contribution in [0.25, 0.3) is 0 Å². The molecule has 0 saturated carbocycles. The highest BCUT2D eigenvalue weighted by molar-refractivity contribution is 5.85. The zero-order valence-electron chi connectivity index (χ0n) is 21.0. The van der Waals surface area contributed by atoms with E-state index in [0.717, 1.165) is 45.3 Å². The molecule has 2 heterocycles. The van der Waals surface area contributed by atoms with Crippen LogP contribution in [0.2, 0.25) is 0 Å². The molecule has 6 heteroatoms. The molecule has 1 fully saturated rings. The van der Waals surface area contributed by atoms with Crippen molar-refractivity contribution >= 4 is 18.1 Å². The minimum absolute atomic E-state index is 0. The number of nitrogens with zero attached hydrogens (tertiary/aromatic N) is 4. The normalized spacial score (nSPS) is 17.1. The molecule has 5 nitrogen and oxygen atoms in total. The number of nitriles is 1. The molecule has 0 amide bonds. The maximum Gasteiger partial charge on any atom is 0.0991 e. The summed E-state index contributed by atoms with van der Waals surface area (Å²) in [5.74, 6) is 0. The zero-order valence-corrected chi connectivity index (χ0v) is 21.9. The molecule has 1 aliphatic heterocycles. The Morgan fingerprint density at radius 2 is 1.65 bits per heavy atom. The first-order chi connectivity index (χ1) is 17.8. The van der Waals surface area contributed by atoms with Gasteiger partial charge in [0.05, 0.1) is 18.0 Å². The van der Waals surface area contributed by atoms with E-state index in [1.807, 2.05) is 36.8 Å². The van der Waals surface area contributed by atoms with Crippen LogP contribution in [-0.4, -0.2) is 34.7 Å². The summed E-state index contributed by atoms with van der Waals surface area (Å²) in [5.41, 5.74) is 5.82. The van der Waals surface area contributed by atoms with E-state index in [1.54, 1.807) is 0 Å². The highest BCUT2D eigenvalue weighted by Crippen LogP contribution is 2.27. The lowest BCUT2D eigenvalue weighted by Crippen LogP contribution is -2.50. The van der Waals surface area contributed by atoms with Crippen molar-refractivity contribution in [2.24, 2.45) is 0 Å². The van der Waals surface area contributed by atoms with Crippen molar-refractivity contribution < 1.29 is 0 Å². The van der Waals surface area contributed by atoms with Gasteiger partial charge in [-0.05, 0) is 54.7 Å². The van der Waals surface area contributed by atoms with Crippen LogP contribution < -0.4 is 10.2 Å². The summed E-state index contributed by atoms with van der Waals surface area (Å²) in [4.78, 5) is 6.99. The summed E-state index contributed by atoms with van der Waals surface area (Å²) in [6.45, 7) is 2.78. The van der Waals surface area contributed by atoms with Crippen molar-refractivity contribution in [2.75, 3.05) is 18.0 Å². The summed E-state index contributed by atoms with van der Waals surface area (Å²) in [6.07, 6.45) is 8.16. The number of hydrogen-bond acceptors (Lipinski definition) is 4. The van der Waals surface area contributed by atoms with Gasteiger partial charge in [0.15, 0.2) is 0 Å². The van der Waals surface area contributed by atoms with Gasteiger partial charge in [-0.1, -0.05) is 60.7 Å². The van der Waals surface area contributed by atoms with Crippen molar-refractivity contribution in [2.45, 2.75) is 44.3 Å². The number of benzene rings is 3. The monoisotopic (exact) mass is 511 g/mol. The third-order valence-corrected chi connectivity index (χ3v) is 7.17. The highest BCUT2D eigenvalue weighted by atomic mass is 35.5. The first-order valence-corrected chi connectivity index (χ1v) is 12.9. The number of halogens is 1. The van der Waals surface area contributed by atoms with Crippen LogP contribution in [0.15, 0.2) is 97.5 Å². The Hall–Kier alpha value is -3.59. The highest BCUT2D eigenvalue weighted by Gasteiger charge is 2.28. The van der Waals surface area contributed by atoms with Crippen molar-refractivity contribution in [1.29, 1.82) is 5.26 Å². The number of imidazole rings is 1. The lowest BCUT2D eigenvalue weighted by molar-refractivity contribution is 0.355. The van der Waals surface area contributed by atoms with Gasteiger partial charge in [-0.3, -0.25) is 0 Å². The SMILES string of the molecule is Cl.N#Cc1ccc(Cn2cncc2CCNC2CCN(c3ccccc3)C(Cc3ccccc3)C2)cc1. The molecule has 0 aliphatic carbocycles. The second-order valence-electron chi connectivity index (χ2n) is 9.62. The van der Waals surface area contributed by atoms with Crippen LogP contribution >= 0.6 is 12.4 Å². The first kappa shape index (κ1) is 26.5. The quantitative estimate of drug-likeness (QED) is 0.316. The molecule has 0 spiro atoms. The first-order valence-electron chi connectivity index (χ1n) is 12.9. The van der Waals surface area contributed by atoms with E-state index in [1.165, 1.54) is 22.5 Å². The number of piperidine rings is 1. The maximum absolute atomic E-state index is 9.02. The molecular weight excluding hydrogens is 478 g/mol. The topological polar surface area (TPSA) is 56.9 Å². The van der Waals surface area contributed by atoms with Gasteiger partial charge in [0.1, 0.15) is 0 Å². The number of aromatic nitrogens is 2. The Morgan fingerprint density at radius 1 is 0.919 bits per heavy atom. The van der Waals surface area contributed by atoms with Crippen LogP contribution in [0.3, 0.4) is 0 Å². The number of anilines is 1. The van der Waals surface area contributed by atoms with Gasteiger partial charge in [0.2, 0.25) is 0 Å². The molecule has 1 aliphatic rings. The van der Waals surface area contributed by atoms with Crippen LogP contribution in [0.5, 0.6) is 0 Å². The van der Waals surface area contributed by atoms with Crippen LogP contribution in [0.4, 0.5) is 5.69 Å². The molecule has 1 aromatic heterocycles. The number of nitrogens with one attached hydrogen (secondary N) is 1. The Bertz CT molecular complexity index is 1260. The van der Waals surface area contributed by atoms with Gasteiger partial charge in [-0.2, -0.15) is 5.26 Å². The number of rotatable bonds is 9. The van der Waals surface area contributed by atoms with E-state index in [4.69, 9.17) is 5.26 Å². The molecule has 2 atom stereocenters. The third kappa shape index (κ3) is 7.01. The van der Waals surface area contributed by atoms with Gasteiger partial charge in [-0.15, -0.1) is 12.4 Å². The van der Waals surface area contributed by atoms with Crippen LogP contribution in [0.1, 0.15) is 35.2 Å². The summed E-state index contributed by atoms with van der Waals surface area (Å²) in [5, 5.41) is 12.9. The Balaban J connectivity index is 0.00000320. The van der Waals surface area contributed by atoms with E-state index in [2.05, 4.69) is 86.5 Å². The van der Waals surface area contributed by atoms with Gasteiger partial charge in [0, 0.05) is 55.7 Å². The average molecular weight is 512 g/mol. The average Bonchev–Trinajstić information content (AvgIpc) is 3.37. The summed E-state index contributed by atoms with van der Waals surface area (Å²) in [6, 6.07) is 32.7. The second-order valence-corrected chi connectivity index (χ2v) is 9.62. The van der Waals surface area contributed by atoms with Crippen LogP contribution in [0, 0.1) is 11.3 Å². The Kier molecular flexibility index (Phi) is 9.37. The predicted octanol–water partition coefficient (Wildman–Crippen LogP) is 5.64. The fraction of sp³-hybridized carbons (Fsp3) is 0.290. The molecule has 1 saturated heterocycles. The maximum atomic E-state index is 9.02. The van der Waals surface area contributed by atoms with Crippen molar-refractivity contribution in [3.63, 3.8) is 0 Å². The van der Waals surface area contributed by atoms with E-state index in [-0.39, 0.29) is 12.4 Å². The molecule has 190 valence electrons. The molecule has 0 radical (unpaired) electrons. The fourth-order valence-electron chi connectivity index (χ4n) is 5.26. The fourth-order valence-corrected chi connectivity index (χ4v) is 5.26. The van der Waals surface area contributed by atoms with Gasteiger partial charge in [-0.25, -0.2) is 4.98 Å². The predicted molar refractivity (Wildman–Crippen MR) is 152 cm³/mol. The standard InChI is InChI=1S/C31H33N5.ClH/c32-21-26-11-13-27(14-12-26)23-35-24-33-22-30(35)15-17-34-28-16-18-36(29-9-5-2-6-10-29)31(20-28)19-25-7-3-1-4-8-25;/h1-14,22,24,28,31,34H,15-20,23H2;1H. The molecule has 3 aromatic carbocycles. The molecule has 4 aromatic rings. The molecular formula is C31H34ClN5. The van der Waals surface area contributed by atoms with Gasteiger partial charge in [0.25, 0.3) is 0 Å². The summed E-state index contributed by atoms with van der Waals surface area (Å²) >= 11 is 0. The van der Waals surface area contributed by atoms with Gasteiger partial charge < -0.3 is 14.8 Å². The van der Waals surface area contributed by atoms with E-state index in [0.29, 0.717) is 17.6 Å². The molecule has 37 heavy (non-hydrogen) atoms. The molecule has 5 rings (SSSR count). The van der Waals surface area contributed by atoms with Crippen molar-refractivity contribution in [1.82, 2.24) is 14.9 Å². The smallest absolute Gasteiger partial charge is 0.0991 e. The lowest BCUT2D eigenvalue weighted by atomic mass is 9.91. The lowest BCUT2D eigenvalue weighted by Gasteiger charge is -2.41. The van der Waals surface area contributed by atoms with E-state index in [9.17, 15) is 0 Å². The number of para-hydroxylation sites is 1. The van der Waals surface area contributed by atoms with Crippen LogP contribution in [-0.2, 0) is 19.4 Å². The largest absolute Gasteiger partial charge is 0.368 e. The zero-order chi connectivity index (χ0) is 24.6. The molecule has 2 unspecified atom stereocenters. The summed E-state index contributed by atoms with van der Waals surface area (Å²) in [7, 11) is 0. The molecule has 0 bridgehead atoms. The Morgan fingerprint density at radius 3 is 2.38 bits per heavy atom. The van der Waals surface area contributed by atoms with Gasteiger partial charge >= 0.3 is 0 Å². The minimum Gasteiger partial charge on any atom is -0.368 e. The van der Waals surface area contributed by atoms with Crippen molar-refractivity contribution in [3.8, 4) is 6.07 Å². The number of hydrogen-bond donors (Lipinski definition) is 1.